The Balaban J connectivity index is 1.91. The van der Waals surface area contributed by atoms with E-state index in [2.05, 4.69) is 21.2 Å². The predicted octanol–water partition coefficient (Wildman–Crippen LogP) is 3.81. The van der Waals surface area contributed by atoms with Gasteiger partial charge in [-0.25, -0.2) is 4.79 Å². The normalized spacial score (nSPS) is 10.1. The number of esters is 1. The molecule has 24 heavy (non-hydrogen) atoms. The van der Waals surface area contributed by atoms with E-state index in [1.807, 2.05) is 0 Å². The maximum absolute atomic E-state index is 11.8. The number of amides is 1. The van der Waals surface area contributed by atoms with Crippen molar-refractivity contribution >= 4 is 50.8 Å². The zero-order valence-electron chi connectivity index (χ0n) is 12.0. The molecule has 2 aromatic rings. The maximum atomic E-state index is 11.8. The largest absolute Gasteiger partial charge is 0.452 e. The molecule has 0 aromatic heterocycles. The van der Waals surface area contributed by atoms with Gasteiger partial charge in [-0.3, -0.25) is 14.9 Å². The monoisotopic (exact) mass is 412 g/mol. The SMILES string of the molecule is O=C(COC(=O)c1ccc([N+](=O)[O-])cc1)Nc1ccc(Br)cc1Cl. The lowest BCUT2D eigenvalue weighted by Gasteiger charge is -2.08. The molecule has 0 heterocycles. The molecule has 0 unspecified atom stereocenters. The molecular weight excluding hydrogens is 404 g/mol. The molecule has 1 amide bonds. The number of carbonyl (C=O) groups is 2. The first kappa shape index (κ1) is 17.9. The molecule has 0 fully saturated rings. The van der Waals surface area contributed by atoms with Crippen LogP contribution in [0.15, 0.2) is 46.9 Å². The Bertz CT molecular complexity index is 795. The van der Waals surface area contributed by atoms with Gasteiger partial charge in [-0.15, -0.1) is 0 Å². The van der Waals surface area contributed by atoms with Gasteiger partial charge in [0.1, 0.15) is 0 Å². The maximum Gasteiger partial charge on any atom is 0.338 e. The summed E-state index contributed by atoms with van der Waals surface area (Å²) in [5.74, 6) is -1.32. The second-order valence-corrected chi connectivity index (χ2v) is 5.88. The minimum absolute atomic E-state index is 0.107. The number of nitrogens with one attached hydrogen (secondary N) is 1. The van der Waals surface area contributed by atoms with Gasteiger partial charge in [-0.1, -0.05) is 27.5 Å². The highest BCUT2D eigenvalue weighted by molar-refractivity contribution is 9.10. The van der Waals surface area contributed by atoms with Crippen LogP contribution in [0, 0.1) is 10.1 Å². The number of nitro benzene ring substituents is 1. The number of hydrogen-bond acceptors (Lipinski definition) is 5. The van der Waals surface area contributed by atoms with E-state index in [4.69, 9.17) is 16.3 Å². The minimum Gasteiger partial charge on any atom is -0.452 e. The van der Waals surface area contributed by atoms with Crippen molar-refractivity contribution in [2.75, 3.05) is 11.9 Å². The first-order chi connectivity index (χ1) is 11.4. The second kappa shape index (κ2) is 7.89. The fourth-order valence-corrected chi connectivity index (χ4v) is 2.43. The zero-order chi connectivity index (χ0) is 17.7. The molecule has 0 saturated carbocycles. The van der Waals surface area contributed by atoms with Crippen molar-refractivity contribution in [3.05, 3.63) is 67.6 Å². The number of hydrogen-bond donors (Lipinski definition) is 1. The highest BCUT2D eigenvalue weighted by Crippen LogP contribution is 2.25. The average molecular weight is 414 g/mol. The fourth-order valence-electron chi connectivity index (χ4n) is 1.71. The Hall–Kier alpha value is -2.45. The molecule has 7 nitrogen and oxygen atoms in total. The van der Waals surface area contributed by atoms with Crippen LogP contribution in [0.25, 0.3) is 0 Å². The number of halogens is 2. The van der Waals surface area contributed by atoms with Crippen molar-refractivity contribution < 1.29 is 19.2 Å². The van der Waals surface area contributed by atoms with Gasteiger partial charge in [0, 0.05) is 16.6 Å². The molecule has 0 aliphatic rings. The van der Waals surface area contributed by atoms with Crippen molar-refractivity contribution in [1.29, 1.82) is 0 Å². The lowest BCUT2D eigenvalue weighted by atomic mass is 10.2. The van der Waals surface area contributed by atoms with Crippen LogP contribution in [-0.2, 0) is 9.53 Å². The number of nitro groups is 1. The summed E-state index contributed by atoms with van der Waals surface area (Å²) in [5.41, 5.74) is 0.348. The van der Waals surface area contributed by atoms with Crippen molar-refractivity contribution in [3.63, 3.8) is 0 Å². The van der Waals surface area contributed by atoms with Gasteiger partial charge >= 0.3 is 5.97 Å². The zero-order valence-corrected chi connectivity index (χ0v) is 14.3. The van der Waals surface area contributed by atoms with Crippen molar-refractivity contribution in [1.82, 2.24) is 0 Å². The lowest BCUT2D eigenvalue weighted by Crippen LogP contribution is -2.21. The number of anilines is 1. The van der Waals surface area contributed by atoms with Gasteiger partial charge in [0.2, 0.25) is 0 Å². The number of ether oxygens (including phenoxy) is 1. The number of nitrogens with zero attached hydrogens (tertiary/aromatic N) is 1. The van der Waals surface area contributed by atoms with E-state index >= 15 is 0 Å². The topological polar surface area (TPSA) is 98.5 Å². The summed E-state index contributed by atoms with van der Waals surface area (Å²) in [6, 6.07) is 9.78. The first-order valence-corrected chi connectivity index (χ1v) is 7.70. The molecular formula is C15H10BrClN2O5. The van der Waals surface area contributed by atoms with Crippen LogP contribution < -0.4 is 5.32 Å². The van der Waals surface area contributed by atoms with E-state index < -0.39 is 23.4 Å². The molecule has 0 aliphatic carbocycles. The number of carbonyl (C=O) groups excluding carboxylic acids is 2. The van der Waals surface area contributed by atoms with Gasteiger partial charge in [-0.05, 0) is 30.3 Å². The Morgan fingerprint density at radius 2 is 1.88 bits per heavy atom. The number of benzene rings is 2. The average Bonchev–Trinajstić information content (AvgIpc) is 2.55. The van der Waals surface area contributed by atoms with E-state index in [-0.39, 0.29) is 11.3 Å². The second-order valence-electron chi connectivity index (χ2n) is 4.55. The van der Waals surface area contributed by atoms with Gasteiger partial charge < -0.3 is 10.1 Å². The Kier molecular flexibility index (Phi) is 5.88. The summed E-state index contributed by atoms with van der Waals surface area (Å²) in [4.78, 5) is 33.5. The van der Waals surface area contributed by atoms with Crippen LogP contribution in [0.4, 0.5) is 11.4 Å². The van der Waals surface area contributed by atoms with Crippen LogP contribution in [0.5, 0.6) is 0 Å². The summed E-state index contributed by atoms with van der Waals surface area (Å²) >= 11 is 9.21. The third-order valence-electron chi connectivity index (χ3n) is 2.85. The third kappa shape index (κ3) is 4.77. The first-order valence-electron chi connectivity index (χ1n) is 6.53. The molecule has 0 bridgehead atoms. The van der Waals surface area contributed by atoms with E-state index in [1.54, 1.807) is 18.2 Å². The quantitative estimate of drug-likeness (QED) is 0.456. The molecule has 2 aromatic carbocycles. The van der Waals surface area contributed by atoms with Gasteiger partial charge in [0.25, 0.3) is 11.6 Å². The van der Waals surface area contributed by atoms with E-state index in [9.17, 15) is 19.7 Å². The Morgan fingerprint density at radius 3 is 2.46 bits per heavy atom. The summed E-state index contributed by atoms with van der Waals surface area (Å²) in [7, 11) is 0. The smallest absolute Gasteiger partial charge is 0.338 e. The van der Waals surface area contributed by atoms with Gasteiger partial charge in [0.05, 0.1) is 21.2 Å². The molecule has 2 rings (SSSR count). The summed E-state index contributed by atoms with van der Waals surface area (Å²) in [6.07, 6.45) is 0. The van der Waals surface area contributed by atoms with Crippen LogP contribution >= 0.6 is 27.5 Å². The van der Waals surface area contributed by atoms with Crippen LogP contribution in [0.2, 0.25) is 5.02 Å². The molecule has 0 saturated heterocycles. The molecule has 0 atom stereocenters. The molecule has 9 heteroatoms. The lowest BCUT2D eigenvalue weighted by molar-refractivity contribution is -0.384. The summed E-state index contributed by atoms with van der Waals surface area (Å²) < 4.78 is 5.61. The van der Waals surface area contributed by atoms with Crippen LogP contribution in [0.3, 0.4) is 0 Å². The highest BCUT2D eigenvalue weighted by atomic mass is 79.9. The van der Waals surface area contributed by atoms with E-state index in [0.717, 1.165) is 4.47 Å². The van der Waals surface area contributed by atoms with Crippen LogP contribution in [-0.4, -0.2) is 23.4 Å². The van der Waals surface area contributed by atoms with E-state index in [1.165, 1.54) is 24.3 Å². The van der Waals surface area contributed by atoms with E-state index in [0.29, 0.717) is 10.7 Å². The standard InChI is InChI=1S/C15H10BrClN2O5/c16-10-3-6-13(12(17)7-10)18-14(20)8-24-15(21)9-1-4-11(5-2-9)19(22)23/h1-7H,8H2,(H,18,20). The van der Waals surface area contributed by atoms with Gasteiger partial charge in [0.15, 0.2) is 6.61 Å². The molecule has 0 radical (unpaired) electrons. The number of non-ortho nitro benzene ring substituents is 1. The molecule has 0 aliphatic heterocycles. The third-order valence-corrected chi connectivity index (χ3v) is 3.66. The fraction of sp³-hybridized carbons (Fsp3) is 0.0667. The minimum atomic E-state index is -0.762. The van der Waals surface area contributed by atoms with Gasteiger partial charge in [-0.2, -0.15) is 0 Å². The van der Waals surface area contributed by atoms with Crippen molar-refractivity contribution in [3.8, 4) is 0 Å². The van der Waals surface area contributed by atoms with Crippen molar-refractivity contribution in [2.45, 2.75) is 0 Å². The summed E-state index contributed by atoms with van der Waals surface area (Å²) in [5, 5.41) is 13.4. The van der Waals surface area contributed by atoms with Crippen LogP contribution in [0.1, 0.15) is 10.4 Å². The van der Waals surface area contributed by atoms with Crippen molar-refractivity contribution in [2.24, 2.45) is 0 Å². The predicted molar refractivity (Wildman–Crippen MR) is 91.2 cm³/mol. The molecule has 1 N–H and O–H groups in total. The Labute approximate surface area is 149 Å². The molecule has 124 valence electrons. The molecule has 0 spiro atoms. The number of rotatable bonds is 5. The summed E-state index contributed by atoms with van der Waals surface area (Å²) in [6.45, 7) is -0.512. The highest BCUT2D eigenvalue weighted by Gasteiger charge is 2.13. The Morgan fingerprint density at radius 1 is 1.21 bits per heavy atom.